The summed E-state index contributed by atoms with van der Waals surface area (Å²) in [6.45, 7) is 6.86. The van der Waals surface area contributed by atoms with Crippen LogP contribution in [0.5, 0.6) is 5.75 Å². The van der Waals surface area contributed by atoms with E-state index in [2.05, 4.69) is 11.8 Å². The topological polar surface area (TPSA) is 12.5 Å². The van der Waals surface area contributed by atoms with Crippen LogP contribution in [-0.4, -0.2) is 12.8 Å². The van der Waals surface area contributed by atoms with E-state index in [0.29, 0.717) is 10.0 Å². The average molecular weight is 246 g/mol. The van der Waals surface area contributed by atoms with Gasteiger partial charge in [0, 0.05) is 11.6 Å². The fourth-order valence-corrected chi connectivity index (χ4v) is 2.35. The van der Waals surface area contributed by atoms with Crippen molar-refractivity contribution < 1.29 is 4.74 Å². The second-order valence-corrected chi connectivity index (χ2v) is 4.43. The molecule has 1 aliphatic heterocycles. The van der Waals surface area contributed by atoms with Gasteiger partial charge in [0.2, 0.25) is 0 Å². The minimum atomic E-state index is 0.0281. The molecule has 82 valence electrons. The third kappa shape index (κ3) is 1.56. The molecule has 2 rings (SSSR count). The maximum atomic E-state index is 6.20. The Labute approximate surface area is 99.7 Å². The minimum absolute atomic E-state index is 0.0281. The minimum Gasteiger partial charge on any atom is -0.467 e. The van der Waals surface area contributed by atoms with Crippen molar-refractivity contribution >= 4 is 28.9 Å². The summed E-state index contributed by atoms with van der Waals surface area (Å²) in [7, 11) is 0. The third-order valence-electron chi connectivity index (χ3n) is 2.76. The molecule has 0 saturated heterocycles. The van der Waals surface area contributed by atoms with Gasteiger partial charge in [-0.15, -0.1) is 0 Å². The summed E-state index contributed by atoms with van der Waals surface area (Å²) < 4.78 is 5.71. The maximum absolute atomic E-state index is 6.20. The average Bonchev–Trinajstić information content (AvgIpc) is 2.51. The Morgan fingerprint density at radius 2 is 2.13 bits per heavy atom. The molecule has 1 heterocycles. The molecule has 1 aliphatic rings. The molecule has 1 aromatic carbocycles. The van der Waals surface area contributed by atoms with E-state index >= 15 is 0 Å². The number of hydrogen-bond acceptors (Lipinski definition) is 2. The van der Waals surface area contributed by atoms with E-state index in [1.807, 2.05) is 19.9 Å². The van der Waals surface area contributed by atoms with Crippen molar-refractivity contribution in [3.8, 4) is 5.75 Å². The lowest BCUT2D eigenvalue weighted by molar-refractivity contribution is 0.246. The molecule has 0 aliphatic carbocycles. The van der Waals surface area contributed by atoms with Crippen LogP contribution in [0.2, 0.25) is 10.0 Å². The summed E-state index contributed by atoms with van der Waals surface area (Å²) in [5.41, 5.74) is 1.87. The molecule has 0 aromatic heterocycles. The van der Waals surface area contributed by atoms with E-state index in [0.717, 1.165) is 23.5 Å². The Morgan fingerprint density at radius 1 is 1.47 bits per heavy atom. The molecule has 0 saturated carbocycles. The summed E-state index contributed by atoms with van der Waals surface area (Å²) in [5, 5.41) is 1.32. The van der Waals surface area contributed by atoms with Crippen LogP contribution in [0.1, 0.15) is 19.4 Å². The van der Waals surface area contributed by atoms with Gasteiger partial charge < -0.3 is 9.64 Å². The van der Waals surface area contributed by atoms with Gasteiger partial charge >= 0.3 is 0 Å². The van der Waals surface area contributed by atoms with Crippen LogP contribution in [-0.2, 0) is 0 Å². The summed E-state index contributed by atoms with van der Waals surface area (Å²) in [5.74, 6) is 0.757. The van der Waals surface area contributed by atoms with Crippen LogP contribution < -0.4 is 9.64 Å². The number of nitrogens with zero attached hydrogens (tertiary/aromatic N) is 1. The molecule has 0 spiro atoms. The zero-order valence-corrected chi connectivity index (χ0v) is 10.5. The molecule has 1 unspecified atom stereocenters. The van der Waals surface area contributed by atoms with Crippen molar-refractivity contribution in [1.29, 1.82) is 0 Å². The molecule has 0 N–H and O–H groups in total. The highest BCUT2D eigenvalue weighted by Crippen LogP contribution is 2.46. The zero-order valence-electron chi connectivity index (χ0n) is 8.97. The Morgan fingerprint density at radius 3 is 2.73 bits per heavy atom. The smallest absolute Gasteiger partial charge is 0.169 e. The van der Waals surface area contributed by atoms with Crippen LogP contribution in [0, 0.1) is 6.92 Å². The Bertz CT molecular complexity index is 406. The zero-order chi connectivity index (χ0) is 11.2. The monoisotopic (exact) mass is 245 g/mol. The number of ether oxygens (including phenoxy) is 1. The Hall–Kier alpha value is -0.600. The van der Waals surface area contributed by atoms with Gasteiger partial charge in [-0.25, -0.2) is 0 Å². The molecule has 1 atom stereocenters. The number of fused-ring (bicyclic) bond motifs is 1. The molecular formula is C11H13Cl2NO. The van der Waals surface area contributed by atoms with E-state index in [9.17, 15) is 0 Å². The van der Waals surface area contributed by atoms with Gasteiger partial charge in [0.15, 0.2) is 12.0 Å². The van der Waals surface area contributed by atoms with Gasteiger partial charge in [0.05, 0.1) is 10.7 Å². The molecule has 1 aromatic rings. The lowest BCUT2D eigenvalue weighted by atomic mass is 10.2. The molecule has 0 bridgehead atoms. The first-order chi connectivity index (χ1) is 7.06. The van der Waals surface area contributed by atoms with Crippen LogP contribution >= 0.6 is 23.2 Å². The molecular weight excluding hydrogens is 233 g/mol. The first-order valence-electron chi connectivity index (χ1n) is 4.98. The number of halogens is 2. The van der Waals surface area contributed by atoms with Gasteiger partial charge in [-0.2, -0.15) is 0 Å². The number of rotatable bonds is 1. The highest BCUT2D eigenvalue weighted by molar-refractivity contribution is 6.37. The van der Waals surface area contributed by atoms with Crippen LogP contribution in [0.4, 0.5) is 5.69 Å². The fraction of sp³-hybridized carbons (Fsp3) is 0.455. The van der Waals surface area contributed by atoms with Crippen molar-refractivity contribution in [3.05, 3.63) is 21.7 Å². The maximum Gasteiger partial charge on any atom is 0.169 e. The molecule has 2 nitrogen and oxygen atoms in total. The largest absolute Gasteiger partial charge is 0.467 e. The predicted octanol–water partition coefficient (Wildman–Crippen LogP) is 3.87. The fourth-order valence-electron chi connectivity index (χ4n) is 1.86. The van der Waals surface area contributed by atoms with Crippen LogP contribution in [0.3, 0.4) is 0 Å². The van der Waals surface area contributed by atoms with Crippen LogP contribution in [0.15, 0.2) is 6.07 Å². The van der Waals surface area contributed by atoms with Gasteiger partial charge in [-0.1, -0.05) is 23.2 Å². The van der Waals surface area contributed by atoms with Crippen molar-refractivity contribution in [2.75, 3.05) is 11.4 Å². The molecule has 0 fully saturated rings. The molecule has 15 heavy (non-hydrogen) atoms. The summed E-state index contributed by atoms with van der Waals surface area (Å²) in [6, 6.07) is 1.92. The molecule has 0 amide bonds. The Balaban J connectivity index is 2.59. The van der Waals surface area contributed by atoms with E-state index in [1.54, 1.807) is 0 Å². The van der Waals surface area contributed by atoms with Crippen molar-refractivity contribution in [2.45, 2.75) is 27.0 Å². The number of anilines is 1. The van der Waals surface area contributed by atoms with Gasteiger partial charge in [0.1, 0.15) is 0 Å². The van der Waals surface area contributed by atoms with Crippen molar-refractivity contribution in [3.63, 3.8) is 0 Å². The SMILES string of the molecule is CCN1c2cc(Cl)c(C)c(Cl)c2OC1C. The second kappa shape index (κ2) is 3.76. The van der Waals surface area contributed by atoms with Crippen molar-refractivity contribution in [2.24, 2.45) is 0 Å². The van der Waals surface area contributed by atoms with Gasteiger partial charge in [0.25, 0.3) is 0 Å². The van der Waals surface area contributed by atoms with E-state index < -0.39 is 0 Å². The third-order valence-corrected chi connectivity index (χ3v) is 3.61. The molecule has 4 heteroatoms. The van der Waals surface area contributed by atoms with Crippen LogP contribution in [0.25, 0.3) is 0 Å². The molecule has 0 radical (unpaired) electrons. The quantitative estimate of drug-likeness (QED) is 0.745. The lowest BCUT2D eigenvalue weighted by Gasteiger charge is -2.19. The highest BCUT2D eigenvalue weighted by atomic mass is 35.5. The first kappa shape index (κ1) is 10.9. The van der Waals surface area contributed by atoms with E-state index in [-0.39, 0.29) is 6.23 Å². The van der Waals surface area contributed by atoms with Crippen molar-refractivity contribution in [1.82, 2.24) is 0 Å². The number of hydrogen-bond donors (Lipinski definition) is 0. The normalized spacial score (nSPS) is 19.0. The predicted molar refractivity (Wildman–Crippen MR) is 64.3 cm³/mol. The van der Waals surface area contributed by atoms with Gasteiger partial charge in [-0.05, 0) is 32.4 Å². The summed E-state index contributed by atoms with van der Waals surface area (Å²) in [4.78, 5) is 2.13. The summed E-state index contributed by atoms with van der Waals surface area (Å²) >= 11 is 12.3. The number of benzene rings is 1. The Kier molecular flexibility index (Phi) is 2.73. The van der Waals surface area contributed by atoms with Gasteiger partial charge in [-0.3, -0.25) is 0 Å². The lowest BCUT2D eigenvalue weighted by Crippen LogP contribution is -2.31. The summed E-state index contributed by atoms with van der Waals surface area (Å²) in [6.07, 6.45) is 0.0281. The van der Waals surface area contributed by atoms with E-state index in [1.165, 1.54) is 0 Å². The van der Waals surface area contributed by atoms with E-state index in [4.69, 9.17) is 27.9 Å². The first-order valence-corrected chi connectivity index (χ1v) is 5.73. The highest BCUT2D eigenvalue weighted by Gasteiger charge is 2.29. The second-order valence-electron chi connectivity index (χ2n) is 3.65. The standard InChI is InChI=1S/C11H13Cl2NO/c1-4-14-7(3)15-11-9(14)5-8(12)6(2)10(11)13/h5,7H,4H2,1-3H3.